The zero-order valence-corrected chi connectivity index (χ0v) is 12.2. The van der Waals surface area contributed by atoms with Crippen LogP contribution in [-0.2, 0) is 0 Å². The van der Waals surface area contributed by atoms with E-state index in [1.807, 2.05) is 4.90 Å². The smallest absolute Gasteiger partial charge is 0.110 e. The Labute approximate surface area is 103 Å². The molecule has 13 heavy (non-hydrogen) atoms. The summed E-state index contributed by atoms with van der Waals surface area (Å²) in [5.41, 5.74) is -0.639. The summed E-state index contributed by atoms with van der Waals surface area (Å²) in [6.07, 6.45) is 0.784. The number of likely N-dealkylation sites (tertiary alicyclic amines) is 1. The summed E-state index contributed by atoms with van der Waals surface area (Å²) in [4.78, 5) is 1.82. The molecule has 2 atom stereocenters. The minimum Gasteiger partial charge on any atom is -0.322 e. The molecule has 0 aromatic carbocycles. The molecular formula is C9H16F2NU-. The maximum absolute atomic E-state index is 12.6. The number of hydrogen-bond acceptors (Lipinski definition) is 1. The van der Waals surface area contributed by atoms with Gasteiger partial charge in [0.25, 0.3) is 0 Å². The van der Waals surface area contributed by atoms with Crippen LogP contribution < -0.4 is 0 Å². The Bertz CT molecular complexity index is 155. The third kappa shape index (κ3) is 3.49. The van der Waals surface area contributed by atoms with Crippen LogP contribution in [-0.4, -0.2) is 36.4 Å². The van der Waals surface area contributed by atoms with Crippen molar-refractivity contribution in [1.82, 2.24) is 4.90 Å². The number of rotatable bonds is 3. The fourth-order valence-corrected chi connectivity index (χ4v) is 1.73. The fourth-order valence-electron chi connectivity index (χ4n) is 1.73. The maximum atomic E-state index is 12.6. The van der Waals surface area contributed by atoms with Gasteiger partial charge < -0.3 is 11.8 Å². The van der Waals surface area contributed by atoms with Crippen molar-refractivity contribution >= 4 is 0 Å². The van der Waals surface area contributed by atoms with Crippen LogP contribution in [0.4, 0.5) is 8.78 Å². The molecule has 1 saturated heterocycles. The predicted molar refractivity (Wildman–Crippen MR) is 45.4 cm³/mol. The zero-order valence-electron chi connectivity index (χ0n) is 8.02. The van der Waals surface area contributed by atoms with E-state index in [0.717, 1.165) is 19.4 Å². The van der Waals surface area contributed by atoms with E-state index in [1.165, 1.54) is 6.92 Å². The molecule has 0 saturated carbocycles. The zero-order chi connectivity index (χ0) is 9.19. The summed E-state index contributed by atoms with van der Waals surface area (Å²) in [5, 5.41) is 0. The second kappa shape index (κ2) is 5.68. The van der Waals surface area contributed by atoms with Crippen LogP contribution in [0.15, 0.2) is 0 Å². The molecule has 0 radical (unpaired) electrons. The van der Waals surface area contributed by atoms with Crippen LogP contribution in [0.3, 0.4) is 0 Å². The standard InChI is InChI=1S/C9H16F2N.U/c1-8(11)6-12-5-3-4-9(12,2)7-10;/h8H,2-7H2,1H3;/q-1;/t8-,9+;/m1./s1. The van der Waals surface area contributed by atoms with Gasteiger partial charge in [0.1, 0.15) is 6.17 Å². The summed E-state index contributed by atoms with van der Waals surface area (Å²) < 4.78 is 25.2. The summed E-state index contributed by atoms with van der Waals surface area (Å²) in [7, 11) is 0. The average Bonchev–Trinajstić information content (AvgIpc) is 2.33. The first-order valence-corrected chi connectivity index (χ1v) is 4.39. The molecule has 4 heteroatoms. The van der Waals surface area contributed by atoms with Gasteiger partial charge in [-0.05, 0) is 19.9 Å². The summed E-state index contributed by atoms with van der Waals surface area (Å²) in [6, 6.07) is 0. The third-order valence-corrected chi connectivity index (χ3v) is 2.46. The van der Waals surface area contributed by atoms with E-state index in [1.54, 1.807) is 0 Å². The Morgan fingerprint density at radius 3 is 2.69 bits per heavy atom. The topological polar surface area (TPSA) is 3.24 Å². The van der Waals surface area contributed by atoms with Gasteiger partial charge in [-0.2, -0.15) is 0 Å². The number of hydrogen-bond donors (Lipinski definition) is 0. The molecule has 1 nitrogen and oxygen atoms in total. The molecule has 76 valence electrons. The first-order valence-electron chi connectivity index (χ1n) is 4.39. The second-order valence-electron chi connectivity index (χ2n) is 3.69. The van der Waals surface area contributed by atoms with Gasteiger partial charge in [-0.25, -0.2) is 4.39 Å². The van der Waals surface area contributed by atoms with Gasteiger partial charge in [0.15, 0.2) is 0 Å². The summed E-state index contributed by atoms with van der Waals surface area (Å²) in [6.45, 7) is 5.92. The molecular weight excluding hydrogens is 398 g/mol. The molecule has 0 aromatic heterocycles. The van der Waals surface area contributed by atoms with E-state index in [4.69, 9.17) is 0 Å². The van der Waals surface area contributed by atoms with Gasteiger partial charge in [0.2, 0.25) is 0 Å². The first-order chi connectivity index (χ1) is 5.58. The number of nitrogens with zero attached hydrogens (tertiary/aromatic N) is 1. The molecule has 1 rings (SSSR count). The monoisotopic (exact) mass is 414 g/mol. The second-order valence-corrected chi connectivity index (χ2v) is 3.69. The van der Waals surface area contributed by atoms with E-state index < -0.39 is 18.4 Å². The van der Waals surface area contributed by atoms with Crippen LogP contribution in [0.1, 0.15) is 19.8 Å². The summed E-state index contributed by atoms with van der Waals surface area (Å²) >= 11 is 0. The van der Waals surface area contributed by atoms with Crippen LogP contribution >= 0.6 is 0 Å². The molecule has 0 unspecified atom stereocenters. The fraction of sp³-hybridized carbons (Fsp3) is 0.889. The maximum Gasteiger partial charge on any atom is 0.110 e. The van der Waals surface area contributed by atoms with Crippen molar-refractivity contribution in [3.05, 3.63) is 6.92 Å². The van der Waals surface area contributed by atoms with Crippen LogP contribution in [0, 0.1) is 38.0 Å². The van der Waals surface area contributed by atoms with Crippen molar-refractivity contribution in [2.24, 2.45) is 0 Å². The molecule has 0 aliphatic carbocycles. The first kappa shape index (κ1) is 13.9. The van der Waals surface area contributed by atoms with Crippen molar-refractivity contribution in [2.45, 2.75) is 31.5 Å². The van der Waals surface area contributed by atoms with Crippen LogP contribution in [0.2, 0.25) is 0 Å². The van der Waals surface area contributed by atoms with E-state index >= 15 is 0 Å². The summed E-state index contributed by atoms with van der Waals surface area (Å²) in [5.74, 6) is 0. The van der Waals surface area contributed by atoms with Crippen molar-refractivity contribution < 1.29 is 39.9 Å². The van der Waals surface area contributed by atoms with Crippen molar-refractivity contribution in [2.75, 3.05) is 19.8 Å². The molecule has 0 amide bonds. The Balaban J connectivity index is 0.00000144. The molecule has 0 aromatic rings. The van der Waals surface area contributed by atoms with Gasteiger partial charge >= 0.3 is 0 Å². The van der Waals surface area contributed by atoms with E-state index in [9.17, 15) is 8.78 Å². The number of halogens is 2. The van der Waals surface area contributed by atoms with Gasteiger partial charge in [-0.15, -0.1) is 0 Å². The van der Waals surface area contributed by atoms with E-state index in [-0.39, 0.29) is 31.1 Å². The van der Waals surface area contributed by atoms with Crippen molar-refractivity contribution in [3.63, 3.8) is 0 Å². The molecule has 0 spiro atoms. The van der Waals surface area contributed by atoms with E-state index in [2.05, 4.69) is 6.92 Å². The van der Waals surface area contributed by atoms with Crippen molar-refractivity contribution in [1.29, 1.82) is 0 Å². The average molecular weight is 414 g/mol. The molecule has 0 N–H and O–H groups in total. The number of alkyl halides is 2. The van der Waals surface area contributed by atoms with Gasteiger partial charge in [-0.1, -0.05) is 12.0 Å². The normalized spacial score (nSPS) is 31.4. The predicted octanol–water partition coefficient (Wildman–Crippen LogP) is 1.98. The van der Waals surface area contributed by atoms with Gasteiger partial charge in [0, 0.05) is 37.7 Å². The van der Waals surface area contributed by atoms with Crippen molar-refractivity contribution in [3.8, 4) is 0 Å². The SMILES string of the molecule is [CH2-][C@@]1(CF)CCCN1C[C@@H](C)F.[U]. The third-order valence-electron chi connectivity index (χ3n) is 2.46. The van der Waals surface area contributed by atoms with Crippen LogP contribution in [0.5, 0.6) is 0 Å². The minimum atomic E-state index is -0.893. The molecule has 1 aliphatic rings. The molecule has 1 heterocycles. The van der Waals surface area contributed by atoms with Gasteiger partial charge in [-0.3, -0.25) is 4.39 Å². The largest absolute Gasteiger partial charge is 0.322 e. The molecule has 0 bridgehead atoms. The Hall–Kier alpha value is 0.872. The minimum absolute atomic E-state index is 0. The van der Waals surface area contributed by atoms with Gasteiger partial charge in [0.05, 0.1) is 6.67 Å². The molecule has 1 fully saturated rings. The Morgan fingerprint density at radius 2 is 2.23 bits per heavy atom. The van der Waals surface area contributed by atoms with E-state index in [0.29, 0.717) is 6.54 Å². The Kier molecular flexibility index (Phi) is 6.06. The molecule has 1 aliphatic heterocycles. The Morgan fingerprint density at radius 1 is 1.62 bits per heavy atom. The quantitative estimate of drug-likeness (QED) is 0.639. The van der Waals surface area contributed by atoms with Crippen LogP contribution in [0.25, 0.3) is 0 Å².